The summed E-state index contributed by atoms with van der Waals surface area (Å²) in [5.41, 5.74) is 4.18. The van der Waals surface area contributed by atoms with Crippen molar-refractivity contribution in [3.05, 3.63) is 89.1 Å². The summed E-state index contributed by atoms with van der Waals surface area (Å²) in [5, 5.41) is 5.48. The first-order valence-electron chi connectivity index (χ1n) is 9.49. The first kappa shape index (κ1) is 20.6. The molecule has 2 amide bonds. The van der Waals surface area contributed by atoms with E-state index in [0.29, 0.717) is 22.8 Å². The third-order valence-corrected chi connectivity index (χ3v) is 5.03. The van der Waals surface area contributed by atoms with E-state index in [1.807, 2.05) is 36.4 Å². The van der Waals surface area contributed by atoms with Crippen LogP contribution in [0.15, 0.2) is 87.9 Å². The molecule has 0 atom stereocenters. The van der Waals surface area contributed by atoms with Crippen LogP contribution in [0.1, 0.15) is 17.3 Å². The largest absolute Gasteiger partial charge is 0.444 e. The summed E-state index contributed by atoms with van der Waals surface area (Å²) in [7, 11) is 0. The maximum absolute atomic E-state index is 12.3. The maximum Gasteiger partial charge on any atom is 0.323 e. The normalized spacial score (nSPS) is 10.5. The highest BCUT2D eigenvalue weighted by atomic mass is 79.9. The Labute approximate surface area is 187 Å². The van der Waals surface area contributed by atoms with Gasteiger partial charge in [0.15, 0.2) is 5.78 Å². The van der Waals surface area contributed by atoms with Crippen LogP contribution in [-0.4, -0.2) is 16.8 Å². The molecule has 2 N–H and O–H groups in total. The van der Waals surface area contributed by atoms with E-state index in [-0.39, 0.29) is 5.78 Å². The lowest BCUT2D eigenvalue weighted by Gasteiger charge is -2.08. The second kappa shape index (κ2) is 8.97. The number of nitrogens with one attached hydrogen (secondary N) is 2. The van der Waals surface area contributed by atoms with E-state index in [2.05, 4.69) is 31.5 Å². The van der Waals surface area contributed by atoms with Gasteiger partial charge in [-0.15, -0.1) is 0 Å². The fraction of sp³-hybridized carbons (Fsp3) is 0.0417. The van der Waals surface area contributed by atoms with E-state index in [1.165, 1.54) is 6.92 Å². The summed E-state index contributed by atoms with van der Waals surface area (Å²) < 4.78 is 6.59. The lowest BCUT2D eigenvalue weighted by Crippen LogP contribution is -2.19. The molecule has 0 aliphatic carbocycles. The van der Waals surface area contributed by atoms with Gasteiger partial charge in [-0.2, -0.15) is 0 Å². The Hall–Kier alpha value is -3.71. The number of amides is 2. The predicted molar refractivity (Wildman–Crippen MR) is 124 cm³/mol. The molecule has 0 fully saturated rings. The molecule has 4 rings (SSSR count). The first-order chi connectivity index (χ1) is 15.0. The maximum atomic E-state index is 12.3. The molecule has 0 bridgehead atoms. The number of carbonyl (C=O) groups excluding carboxylic acids is 2. The van der Waals surface area contributed by atoms with Crippen molar-refractivity contribution in [1.29, 1.82) is 0 Å². The smallest absolute Gasteiger partial charge is 0.323 e. The van der Waals surface area contributed by atoms with Gasteiger partial charge in [0.1, 0.15) is 12.0 Å². The van der Waals surface area contributed by atoms with Crippen LogP contribution in [0, 0.1) is 0 Å². The number of oxazole rings is 1. The molecular weight excluding hydrogens is 458 g/mol. The SMILES string of the molecule is CC(=O)c1cccc(NC(=O)Nc2ccc(-c3nc(-c4cccc(Br)c4)co3)cc2)c1. The van der Waals surface area contributed by atoms with E-state index >= 15 is 0 Å². The Morgan fingerprint density at radius 3 is 2.35 bits per heavy atom. The number of hydrogen-bond donors (Lipinski definition) is 2. The zero-order valence-corrected chi connectivity index (χ0v) is 18.1. The van der Waals surface area contributed by atoms with Crippen molar-refractivity contribution in [3.8, 4) is 22.7 Å². The Bertz CT molecular complexity index is 1250. The second-order valence-electron chi connectivity index (χ2n) is 6.84. The standard InChI is InChI=1S/C24H18BrN3O3/c1-15(29)17-4-3-7-21(13-17)27-24(30)26-20-10-8-16(9-11-20)23-28-22(14-31-23)18-5-2-6-19(25)12-18/h2-14H,1H3,(H2,26,27,30). The van der Waals surface area contributed by atoms with Gasteiger partial charge in [0.25, 0.3) is 0 Å². The van der Waals surface area contributed by atoms with Crippen molar-refractivity contribution in [2.45, 2.75) is 6.92 Å². The zero-order valence-electron chi connectivity index (χ0n) is 16.6. The van der Waals surface area contributed by atoms with Crippen LogP contribution in [0.3, 0.4) is 0 Å². The quantitative estimate of drug-likeness (QED) is 0.317. The Kier molecular flexibility index (Phi) is 5.95. The molecule has 154 valence electrons. The van der Waals surface area contributed by atoms with Gasteiger partial charge in [-0.25, -0.2) is 9.78 Å². The lowest BCUT2D eigenvalue weighted by molar-refractivity contribution is 0.101. The van der Waals surface area contributed by atoms with E-state index < -0.39 is 6.03 Å². The van der Waals surface area contributed by atoms with Crippen molar-refractivity contribution in [2.24, 2.45) is 0 Å². The average molecular weight is 476 g/mol. The molecule has 0 radical (unpaired) electrons. The van der Waals surface area contributed by atoms with Crippen LogP contribution >= 0.6 is 15.9 Å². The monoisotopic (exact) mass is 475 g/mol. The summed E-state index contributed by atoms with van der Waals surface area (Å²) in [6.45, 7) is 1.48. The average Bonchev–Trinajstić information content (AvgIpc) is 3.25. The van der Waals surface area contributed by atoms with E-state index in [4.69, 9.17) is 4.42 Å². The van der Waals surface area contributed by atoms with E-state index in [0.717, 1.165) is 21.3 Å². The van der Waals surface area contributed by atoms with Crippen molar-refractivity contribution in [2.75, 3.05) is 10.6 Å². The minimum Gasteiger partial charge on any atom is -0.444 e. The van der Waals surface area contributed by atoms with Gasteiger partial charge in [-0.05, 0) is 55.5 Å². The zero-order chi connectivity index (χ0) is 21.8. The number of aromatic nitrogens is 1. The molecule has 0 aliphatic rings. The van der Waals surface area contributed by atoms with Crippen LogP contribution in [0.2, 0.25) is 0 Å². The number of carbonyl (C=O) groups is 2. The fourth-order valence-electron chi connectivity index (χ4n) is 2.99. The molecule has 7 heteroatoms. The minimum absolute atomic E-state index is 0.0609. The van der Waals surface area contributed by atoms with Gasteiger partial charge in [0, 0.05) is 32.5 Å². The number of nitrogens with zero attached hydrogens (tertiary/aromatic N) is 1. The molecule has 3 aromatic carbocycles. The molecule has 0 aliphatic heterocycles. The van der Waals surface area contributed by atoms with Crippen molar-refractivity contribution < 1.29 is 14.0 Å². The number of halogens is 1. The summed E-state index contributed by atoms with van der Waals surface area (Å²) in [5.74, 6) is 0.432. The number of hydrogen-bond acceptors (Lipinski definition) is 4. The van der Waals surface area contributed by atoms with Crippen LogP contribution in [0.5, 0.6) is 0 Å². The molecule has 0 spiro atoms. The van der Waals surface area contributed by atoms with Gasteiger partial charge >= 0.3 is 6.03 Å². The highest BCUT2D eigenvalue weighted by Gasteiger charge is 2.10. The summed E-state index contributed by atoms with van der Waals surface area (Å²) >= 11 is 3.46. The Balaban J connectivity index is 1.42. The Morgan fingerprint density at radius 1 is 0.871 bits per heavy atom. The number of Topliss-reactive ketones (excluding diaryl/α,β-unsaturated/α-hetero) is 1. The molecule has 0 unspecified atom stereocenters. The first-order valence-corrected chi connectivity index (χ1v) is 10.3. The second-order valence-corrected chi connectivity index (χ2v) is 7.76. The fourth-order valence-corrected chi connectivity index (χ4v) is 3.39. The Morgan fingerprint density at radius 2 is 1.61 bits per heavy atom. The van der Waals surface area contributed by atoms with E-state index in [9.17, 15) is 9.59 Å². The van der Waals surface area contributed by atoms with Gasteiger partial charge in [0.05, 0.1) is 0 Å². The van der Waals surface area contributed by atoms with Gasteiger partial charge in [-0.1, -0.05) is 40.2 Å². The lowest BCUT2D eigenvalue weighted by atomic mass is 10.1. The van der Waals surface area contributed by atoms with Gasteiger partial charge in [0.2, 0.25) is 5.89 Å². The highest BCUT2D eigenvalue weighted by molar-refractivity contribution is 9.10. The van der Waals surface area contributed by atoms with E-state index in [1.54, 1.807) is 42.7 Å². The molecule has 6 nitrogen and oxygen atoms in total. The van der Waals surface area contributed by atoms with Gasteiger partial charge in [-0.3, -0.25) is 4.79 Å². The van der Waals surface area contributed by atoms with Crippen molar-refractivity contribution >= 4 is 39.1 Å². The third kappa shape index (κ3) is 5.07. The summed E-state index contributed by atoms with van der Waals surface area (Å²) in [6, 6.07) is 21.4. The topological polar surface area (TPSA) is 84.2 Å². The molecule has 31 heavy (non-hydrogen) atoms. The number of ketones is 1. The molecule has 0 saturated carbocycles. The molecule has 1 aromatic heterocycles. The summed E-state index contributed by atoms with van der Waals surface area (Å²) in [6.07, 6.45) is 1.62. The number of rotatable bonds is 5. The van der Waals surface area contributed by atoms with Gasteiger partial charge < -0.3 is 15.1 Å². The number of anilines is 2. The molecule has 4 aromatic rings. The minimum atomic E-state index is -0.401. The summed E-state index contributed by atoms with van der Waals surface area (Å²) in [4.78, 5) is 28.3. The van der Waals surface area contributed by atoms with Crippen LogP contribution < -0.4 is 10.6 Å². The van der Waals surface area contributed by atoms with Crippen LogP contribution in [0.4, 0.5) is 16.2 Å². The van der Waals surface area contributed by atoms with Crippen LogP contribution in [0.25, 0.3) is 22.7 Å². The van der Waals surface area contributed by atoms with Crippen LogP contribution in [-0.2, 0) is 0 Å². The molecule has 1 heterocycles. The molecular formula is C24H18BrN3O3. The predicted octanol–water partition coefficient (Wildman–Crippen LogP) is 6.62. The molecule has 0 saturated heterocycles. The number of benzene rings is 3. The highest BCUT2D eigenvalue weighted by Crippen LogP contribution is 2.27. The van der Waals surface area contributed by atoms with Crippen molar-refractivity contribution in [1.82, 2.24) is 4.98 Å². The number of urea groups is 1. The third-order valence-electron chi connectivity index (χ3n) is 4.54. The van der Waals surface area contributed by atoms with Crippen molar-refractivity contribution in [3.63, 3.8) is 0 Å².